The van der Waals surface area contributed by atoms with Crippen LogP contribution in [-0.4, -0.2) is 33.4 Å². The molecule has 30 heavy (non-hydrogen) atoms. The summed E-state index contributed by atoms with van der Waals surface area (Å²) in [6.45, 7) is 2.01. The van der Waals surface area contributed by atoms with Crippen molar-refractivity contribution in [1.82, 2.24) is 15.0 Å². The number of carbonyl (C=O) groups is 2. The molecule has 0 atom stereocenters. The quantitative estimate of drug-likeness (QED) is 0.372. The monoisotopic (exact) mass is 402 g/mol. The van der Waals surface area contributed by atoms with E-state index in [-0.39, 0.29) is 12.5 Å². The van der Waals surface area contributed by atoms with Crippen LogP contribution >= 0.6 is 0 Å². The Hall–Kier alpha value is -4.20. The van der Waals surface area contributed by atoms with E-state index in [1.807, 2.05) is 6.07 Å². The van der Waals surface area contributed by atoms with Crippen LogP contribution in [0.4, 0.5) is 5.69 Å². The average molecular weight is 402 g/mol. The van der Waals surface area contributed by atoms with E-state index < -0.39 is 5.97 Å². The number of anilines is 1. The first-order valence-corrected chi connectivity index (χ1v) is 9.26. The Morgan fingerprint density at radius 2 is 2.17 bits per heavy atom. The Kier molecular flexibility index (Phi) is 5.38. The van der Waals surface area contributed by atoms with Crippen molar-refractivity contribution >= 4 is 34.7 Å². The first kappa shape index (κ1) is 19.1. The van der Waals surface area contributed by atoms with Gasteiger partial charge in [-0.3, -0.25) is 4.79 Å². The Morgan fingerprint density at radius 1 is 1.27 bits per heavy atom. The number of H-pyrrole nitrogens is 1. The number of benzene rings is 1. The second-order valence-electron chi connectivity index (χ2n) is 6.33. The molecule has 0 unspecified atom stereocenters. The summed E-state index contributed by atoms with van der Waals surface area (Å²) in [6, 6.07) is 8.96. The maximum atomic E-state index is 12.3. The summed E-state index contributed by atoms with van der Waals surface area (Å²) >= 11 is 0. The summed E-state index contributed by atoms with van der Waals surface area (Å²) in [5.41, 5.74) is 3.56. The van der Waals surface area contributed by atoms with Crippen molar-refractivity contribution < 1.29 is 18.7 Å². The second kappa shape index (κ2) is 8.44. The summed E-state index contributed by atoms with van der Waals surface area (Å²) in [4.78, 5) is 36.1. The first-order valence-electron chi connectivity index (χ1n) is 9.26. The number of hydrogen-bond acceptors (Lipinski definition) is 6. The lowest BCUT2D eigenvalue weighted by atomic mass is 10.1. The van der Waals surface area contributed by atoms with Crippen molar-refractivity contribution in [1.29, 1.82) is 0 Å². The molecule has 0 fully saturated rings. The fraction of sp³-hybridized carbons (Fsp3) is 0.0909. The lowest BCUT2D eigenvalue weighted by Gasteiger charge is -2.08. The van der Waals surface area contributed by atoms with Crippen molar-refractivity contribution in [2.24, 2.45) is 0 Å². The van der Waals surface area contributed by atoms with Crippen LogP contribution < -0.4 is 5.32 Å². The molecule has 0 aliphatic carbocycles. The highest BCUT2D eigenvalue weighted by Gasteiger charge is 2.19. The molecule has 4 aromatic rings. The summed E-state index contributed by atoms with van der Waals surface area (Å²) in [5.74, 6) is -0.733. The third-order valence-corrected chi connectivity index (χ3v) is 4.34. The molecular weight excluding hydrogens is 384 g/mol. The highest BCUT2D eigenvalue weighted by atomic mass is 16.5. The molecule has 8 heteroatoms. The number of esters is 1. The standard InChI is InChI=1S/C22H18N4O4/c1-2-30-22(28)17-11-23-21-19(17)20(24-13-25-21)15-4-3-5-16(10-15)26-18(27)7-6-14-8-9-29-12-14/h3-13H,2H2,1H3,(H,26,27)(H,23,24,25)/b7-6+. The average Bonchev–Trinajstić information content (AvgIpc) is 3.42. The SMILES string of the molecule is CCOC(=O)c1c[nH]c2ncnc(-c3cccc(NC(=O)/C=C/c4ccoc4)c3)c12. The van der Waals surface area contributed by atoms with Gasteiger partial charge in [0.25, 0.3) is 0 Å². The van der Waals surface area contributed by atoms with Crippen LogP contribution in [0.5, 0.6) is 0 Å². The van der Waals surface area contributed by atoms with Gasteiger partial charge < -0.3 is 19.5 Å². The molecule has 0 aliphatic rings. The van der Waals surface area contributed by atoms with Crippen LogP contribution in [-0.2, 0) is 9.53 Å². The third-order valence-electron chi connectivity index (χ3n) is 4.34. The topological polar surface area (TPSA) is 110 Å². The van der Waals surface area contributed by atoms with Crippen molar-refractivity contribution in [3.05, 3.63) is 72.6 Å². The number of rotatable bonds is 6. The van der Waals surface area contributed by atoms with Crippen LogP contribution in [0.15, 0.2) is 65.9 Å². The van der Waals surface area contributed by atoms with Crippen LogP contribution in [0.2, 0.25) is 0 Å². The molecule has 4 rings (SSSR count). The molecule has 0 spiro atoms. The molecule has 3 aromatic heterocycles. The molecule has 0 aliphatic heterocycles. The van der Waals surface area contributed by atoms with Gasteiger partial charge in [0.15, 0.2) is 0 Å². The van der Waals surface area contributed by atoms with Gasteiger partial charge in [-0.15, -0.1) is 0 Å². The molecule has 150 valence electrons. The smallest absolute Gasteiger partial charge is 0.340 e. The molecule has 1 amide bonds. The number of aromatic nitrogens is 3. The molecule has 2 N–H and O–H groups in total. The summed E-state index contributed by atoms with van der Waals surface area (Å²) in [5, 5.41) is 3.38. The van der Waals surface area contributed by atoms with Crippen molar-refractivity contribution in [3.8, 4) is 11.3 Å². The number of carbonyl (C=O) groups excluding carboxylic acids is 2. The maximum absolute atomic E-state index is 12.3. The number of nitrogens with zero attached hydrogens (tertiary/aromatic N) is 2. The molecule has 3 heterocycles. The number of hydrogen-bond donors (Lipinski definition) is 2. The molecule has 0 saturated carbocycles. The summed E-state index contributed by atoms with van der Waals surface area (Å²) in [7, 11) is 0. The van der Waals surface area contributed by atoms with E-state index in [0.29, 0.717) is 28.0 Å². The van der Waals surface area contributed by atoms with E-state index in [9.17, 15) is 9.59 Å². The first-order chi connectivity index (χ1) is 14.7. The zero-order valence-corrected chi connectivity index (χ0v) is 16.1. The van der Waals surface area contributed by atoms with E-state index in [2.05, 4.69) is 20.3 Å². The van der Waals surface area contributed by atoms with Gasteiger partial charge in [0.05, 0.1) is 35.8 Å². The predicted octanol–water partition coefficient (Wildman–Crippen LogP) is 4.05. The van der Waals surface area contributed by atoms with Crippen LogP contribution in [0.1, 0.15) is 22.8 Å². The number of furan rings is 1. The Bertz CT molecular complexity index is 1230. The minimum absolute atomic E-state index is 0.266. The molecule has 1 aromatic carbocycles. The molecule has 0 radical (unpaired) electrons. The Labute approximate surface area is 171 Å². The highest BCUT2D eigenvalue weighted by Crippen LogP contribution is 2.30. The number of amides is 1. The van der Waals surface area contributed by atoms with Crippen molar-refractivity contribution in [2.75, 3.05) is 11.9 Å². The lowest BCUT2D eigenvalue weighted by molar-refractivity contribution is -0.111. The molecular formula is C22H18N4O4. The van der Waals surface area contributed by atoms with Crippen LogP contribution in [0, 0.1) is 0 Å². The minimum atomic E-state index is -0.450. The molecule has 8 nitrogen and oxygen atoms in total. The highest BCUT2D eigenvalue weighted by molar-refractivity contribution is 6.08. The van der Waals surface area contributed by atoms with Crippen molar-refractivity contribution in [2.45, 2.75) is 6.92 Å². The van der Waals surface area contributed by atoms with Crippen LogP contribution in [0.3, 0.4) is 0 Å². The lowest BCUT2D eigenvalue weighted by Crippen LogP contribution is -2.07. The van der Waals surface area contributed by atoms with Gasteiger partial charge >= 0.3 is 5.97 Å². The largest absolute Gasteiger partial charge is 0.472 e. The third kappa shape index (κ3) is 3.97. The summed E-state index contributed by atoms with van der Waals surface area (Å²) < 4.78 is 10.1. The number of fused-ring (bicyclic) bond motifs is 1. The van der Waals surface area contributed by atoms with Gasteiger partial charge in [-0.1, -0.05) is 12.1 Å². The van der Waals surface area contributed by atoms with E-state index >= 15 is 0 Å². The predicted molar refractivity (Wildman–Crippen MR) is 112 cm³/mol. The van der Waals surface area contributed by atoms with Crippen molar-refractivity contribution in [3.63, 3.8) is 0 Å². The van der Waals surface area contributed by atoms with Gasteiger partial charge in [-0.25, -0.2) is 14.8 Å². The van der Waals surface area contributed by atoms with Gasteiger partial charge in [-0.05, 0) is 31.2 Å². The van der Waals surface area contributed by atoms with Crippen LogP contribution in [0.25, 0.3) is 28.4 Å². The molecule has 0 bridgehead atoms. The van der Waals surface area contributed by atoms with E-state index in [1.54, 1.807) is 49.7 Å². The number of aromatic amines is 1. The molecule has 0 saturated heterocycles. The fourth-order valence-corrected chi connectivity index (χ4v) is 3.02. The zero-order valence-electron chi connectivity index (χ0n) is 16.1. The number of ether oxygens (including phenoxy) is 1. The van der Waals surface area contributed by atoms with Gasteiger partial charge in [0.2, 0.25) is 5.91 Å². The normalized spacial score (nSPS) is 11.1. The van der Waals surface area contributed by atoms with E-state index in [4.69, 9.17) is 9.15 Å². The minimum Gasteiger partial charge on any atom is -0.472 e. The van der Waals surface area contributed by atoms with Gasteiger partial charge in [-0.2, -0.15) is 0 Å². The van der Waals surface area contributed by atoms with E-state index in [0.717, 1.165) is 11.1 Å². The Balaban J connectivity index is 1.64. The maximum Gasteiger partial charge on any atom is 0.340 e. The number of nitrogens with one attached hydrogen (secondary N) is 2. The van der Waals surface area contributed by atoms with Gasteiger partial charge in [0, 0.05) is 29.1 Å². The Morgan fingerprint density at radius 3 is 2.97 bits per heavy atom. The fourth-order valence-electron chi connectivity index (χ4n) is 3.02. The zero-order chi connectivity index (χ0) is 20.9. The second-order valence-corrected chi connectivity index (χ2v) is 6.33. The van der Waals surface area contributed by atoms with Gasteiger partial charge in [0.1, 0.15) is 12.0 Å². The summed E-state index contributed by atoms with van der Waals surface area (Å²) in [6.07, 6.45) is 9.14. The van der Waals surface area contributed by atoms with E-state index in [1.165, 1.54) is 18.7 Å².